The summed E-state index contributed by atoms with van der Waals surface area (Å²) in [5.41, 5.74) is 9.16. The Balaban J connectivity index is 1.63. The van der Waals surface area contributed by atoms with Gasteiger partial charge in [-0.15, -0.1) is 0 Å². The molecular weight excluding hydrogens is 302 g/mol. The van der Waals surface area contributed by atoms with Crippen LogP contribution in [0.4, 0.5) is 5.95 Å². The molecule has 3 aromatic rings. The van der Waals surface area contributed by atoms with Gasteiger partial charge in [-0.25, -0.2) is 4.98 Å². The van der Waals surface area contributed by atoms with Gasteiger partial charge in [0.05, 0.1) is 24.2 Å². The summed E-state index contributed by atoms with van der Waals surface area (Å²) in [5, 5.41) is 0. The van der Waals surface area contributed by atoms with Crippen LogP contribution in [-0.4, -0.2) is 22.4 Å². The molecular formula is C19H21N3O2. The van der Waals surface area contributed by atoms with Gasteiger partial charge < -0.3 is 19.8 Å². The number of nitrogens with zero attached hydrogens (tertiary/aromatic N) is 2. The number of nitrogen functional groups attached to an aromatic ring is 1. The Kier molecular flexibility index (Phi) is 4.09. The highest BCUT2D eigenvalue weighted by Crippen LogP contribution is 2.26. The molecule has 2 aromatic carbocycles. The Bertz CT molecular complexity index is 823. The first-order chi connectivity index (χ1) is 11.8. The average Bonchev–Trinajstić information content (AvgIpc) is 2.92. The standard InChI is InChI=1S/C19H21N3O2/c20-19-21-16-10-9-15(24-18-8-4-5-11-23-18)12-17(16)22(19)13-14-6-2-1-3-7-14/h1-3,6-7,9-10,12,18H,4-5,8,11,13H2,(H2,20,21). The highest BCUT2D eigenvalue weighted by molar-refractivity contribution is 5.80. The van der Waals surface area contributed by atoms with E-state index in [1.54, 1.807) is 0 Å². The first kappa shape index (κ1) is 15.0. The van der Waals surface area contributed by atoms with E-state index < -0.39 is 0 Å². The lowest BCUT2D eigenvalue weighted by Crippen LogP contribution is -2.24. The van der Waals surface area contributed by atoms with E-state index in [2.05, 4.69) is 17.1 Å². The molecule has 0 saturated carbocycles. The normalized spacial score (nSPS) is 17.9. The van der Waals surface area contributed by atoms with Crippen molar-refractivity contribution in [3.05, 3.63) is 54.1 Å². The second kappa shape index (κ2) is 6.53. The molecule has 0 aliphatic carbocycles. The number of imidazole rings is 1. The van der Waals surface area contributed by atoms with Crippen LogP contribution in [0.5, 0.6) is 5.75 Å². The lowest BCUT2D eigenvalue weighted by molar-refractivity contribution is -0.105. The average molecular weight is 323 g/mol. The first-order valence-electron chi connectivity index (χ1n) is 8.37. The molecule has 24 heavy (non-hydrogen) atoms. The molecule has 1 aromatic heterocycles. The lowest BCUT2D eigenvalue weighted by Gasteiger charge is -2.23. The number of anilines is 1. The van der Waals surface area contributed by atoms with Crippen LogP contribution in [0, 0.1) is 0 Å². The summed E-state index contributed by atoms with van der Waals surface area (Å²) < 4.78 is 13.6. The van der Waals surface area contributed by atoms with Crippen LogP contribution in [0.2, 0.25) is 0 Å². The van der Waals surface area contributed by atoms with Gasteiger partial charge in [0, 0.05) is 12.5 Å². The Morgan fingerprint density at radius 2 is 2.04 bits per heavy atom. The monoisotopic (exact) mass is 323 g/mol. The number of ether oxygens (including phenoxy) is 2. The fraction of sp³-hybridized carbons (Fsp3) is 0.316. The number of aromatic nitrogens is 2. The number of fused-ring (bicyclic) bond motifs is 1. The number of rotatable bonds is 4. The van der Waals surface area contributed by atoms with Crippen molar-refractivity contribution in [1.29, 1.82) is 0 Å². The Labute approximate surface area is 141 Å². The summed E-state index contributed by atoms with van der Waals surface area (Å²) in [7, 11) is 0. The molecule has 1 saturated heterocycles. The number of benzene rings is 2. The second-order valence-electron chi connectivity index (χ2n) is 6.11. The SMILES string of the molecule is Nc1nc2ccc(OC3CCCCO3)cc2n1Cc1ccccc1. The summed E-state index contributed by atoms with van der Waals surface area (Å²) in [6.45, 7) is 1.46. The fourth-order valence-corrected chi connectivity index (χ4v) is 3.08. The van der Waals surface area contributed by atoms with Crippen LogP contribution < -0.4 is 10.5 Å². The van der Waals surface area contributed by atoms with Gasteiger partial charge in [0.25, 0.3) is 0 Å². The molecule has 0 bridgehead atoms. The van der Waals surface area contributed by atoms with E-state index >= 15 is 0 Å². The minimum absolute atomic E-state index is 0.154. The van der Waals surface area contributed by atoms with Crippen molar-refractivity contribution in [2.75, 3.05) is 12.3 Å². The predicted octanol–water partition coefficient (Wildman–Crippen LogP) is 3.57. The summed E-state index contributed by atoms with van der Waals surface area (Å²) in [6.07, 6.45) is 3.04. The second-order valence-corrected chi connectivity index (χ2v) is 6.11. The summed E-state index contributed by atoms with van der Waals surface area (Å²) >= 11 is 0. The molecule has 1 aliphatic heterocycles. The molecule has 0 amide bonds. The van der Waals surface area contributed by atoms with Crippen LogP contribution in [0.1, 0.15) is 24.8 Å². The molecule has 1 atom stereocenters. The van der Waals surface area contributed by atoms with Crippen LogP contribution in [0.3, 0.4) is 0 Å². The summed E-state index contributed by atoms with van der Waals surface area (Å²) in [6, 6.07) is 16.1. The molecule has 0 spiro atoms. The topological polar surface area (TPSA) is 62.3 Å². The van der Waals surface area contributed by atoms with E-state index in [-0.39, 0.29) is 6.29 Å². The molecule has 2 heterocycles. The van der Waals surface area contributed by atoms with Crippen molar-refractivity contribution in [2.45, 2.75) is 32.1 Å². The van der Waals surface area contributed by atoms with Crippen molar-refractivity contribution < 1.29 is 9.47 Å². The number of hydrogen-bond donors (Lipinski definition) is 1. The third-order valence-corrected chi connectivity index (χ3v) is 4.34. The Hall–Kier alpha value is -2.53. The zero-order valence-electron chi connectivity index (χ0n) is 13.5. The minimum Gasteiger partial charge on any atom is -0.465 e. The predicted molar refractivity (Wildman–Crippen MR) is 93.9 cm³/mol. The van der Waals surface area contributed by atoms with E-state index in [0.717, 1.165) is 42.7 Å². The highest BCUT2D eigenvalue weighted by Gasteiger charge is 2.16. The molecule has 0 radical (unpaired) electrons. The molecule has 4 rings (SSSR count). The molecule has 5 heteroatoms. The summed E-state index contributed by atoms with van der Waals surface area (Å²) in [4.78, 5) is 4.45. The van der Waals surface area contributed by atoms with Crippen LogP contribution in [0.25, 0.3) is 11.0 Å². The molecule has 1 unspecified atom stereocenters. The van der Waals surface area contributed by atoms with E-state index in [4.69, 9.17) is 15.2 Å². The van der Waals surface area contributed by atoms with E-state index in [9.17, 15) is 0 Å². The van der Waals surface area contributed by atoms with Crippen LogP contribution in [-0.2, 0) is 11.3 Å². The van der Waals surface area contributed by atoms with E-state index in [1.165, 1.54) is 5.56 Å². The summed E-state index contributed by atoms with van der Waals surface area (Å²) in [5.74, 6) is 1.31. The van der Waals surface area contributed by atoms with Gasteiger partial charge >= 0.3 is 0 Å². The Morgan fingerprint density at radius 3 is 2.83 bits per heavy atom. The van der Waals surface area contributed by atoms with Crippen LogP contribution in [0.15, 0.2) is 48.5 Å². The van der Waals surface area contributed by atoms with Crippen molar-refractivity contribution in [3.8, 4) is 5.75 Å². The first-order valence-corrected chi connectivity index (χ1v) is 8.37. The van der Waals surface area contributed by atoms with Gasteiger partial charge in [0.2, 0.25) is 5.95 Å². The van der Waals surface area contributed by atoms with Gasteiger partial charge in [-0.2, -0.15) is 0 Å². The minimum atomic E-state index is -0.154. The third-order valence-electron chi connectivity index (χ3n) is 4.34. The fourth-order valence-electron chi connectivity index (χ4n) is 3.08. The molecule has 1 aliphatic rings. The zero-order chi connectivity index (χ0) is 16.4. The maximum absolute atomic E-state index is 6.12. The Morgan fingerprint density at radius 1 is 1.17 bits per heavy atom. The molecule has 124 valence electrons. The zero-order valence-corrected chi connectivity index (χ0v) is 13.5. The maximum atomic E-state index is 6.12. The largest absolute Gasteiger partial charge is 0.465 e. The maximum Gasteiger partial charge on any atom is 0.201 e. The van der Waals surface area contributed by atoms with Crippen molar-refractivity contribution in [1.82, 2.24) is 9.55 Å². The molecule has 1 fully saturated rings. The molecule has 2 N–H and O–H groups in total. The van der Waals surface area contributed by atoms with Gasteiger partial charge in [-0.3, -0.25) is 0 Å². The highest BCUT2D eigenvalue weighted by atomic mass is 16.7. The van der Waals surface area contributed by atoms with E-state index in [0.29, 0.717) is 12.5 Å². The molecule has 5 nitrogen and oxygen atoms in total. The quantitative estimate of drug-likeness (QED) is 0.797. The van der Waals surface area contributed by atoms with Gasteiger partial charge in [0.1, 0.15) is 5.75 Å². The smallest absolute Gasteiger partial charge is 0.201 e. The number of hydrogen-bond acceptors (Lipinski definition) is 4. The van der Waals surface area contributed by atoms with Crippen molar-refractivity contribution in [2.24, 2.45) is 0 Å². The van der Waals surface area contributed by atoms with Crippen molar-refractivity contribution in [3.63, 3.8) is 0 Å². The third kappa shape index (κ3) is 3.08. The van der Waals surface area contributed by atoms with Crippen LogP contribution >= 0.6 is 0 Å². The van der Waals surface area contributed by atoms with Crippen molar-refractivity contribution >= 4 is 17.0 Å². The van der Waals surface area contributed by atoms with Gasteiger partial charge in [-0.05, 0) is 30.5 Å². The van der Waals surface area contributed by atoms with Gasteiger partial charge in [-0.1, -0.05) is 30.3 Å². The van der Waals surface area contributed by atoms with Gasteiger partial charge in [0.15, 0.2) is 6.29 Å². The number of nitrogens with two attached hydrogens (primary N) is 1. The van der Waals surface area contributed by atoms with E-state index in [1.807, 2.05) is 41.0 Å². The lowest BCUT2D eigenvalue weighted by atomic mass is 10.2.